The summed E-state index contributed by atoms with van der Waals surface area (Å²) >= 11 is 0. The summed E-state index contributed by atoms with van der Waals surface area (Å²) in [5.41, 5.74) is 1.23. The molecule has 0 N–H and O–H groups in total. The molecule has 0 aromatic carbocycles. The van der Waals surface area contributed by atoms with Gasteiger partial charge in [0.1, 0.15) is 12.2 Å². The molecule has 0 radical (unpaired) electrons. The summed E-state index contributed by atoms with van der Waals surface area (Å²) in [6.45, 7) is 29.0. The third-order valence-corrected chi connectivity index (χ3v) is 20.5. The van der Waals surface area contributed by atoms with Crippen molar-refractivity contribution in [2.75, 3.05) is 0 Å². The first kappa shape index (κ1) is 37.2. The average Bonchev–Trinajstić information content (AvgIpc) is 2.87. The molecule has 44 heavy (non-hydrogen) atoms. The van der Waals surface area contributed by atoms with Gasteiger partial charge in [0.05, 0.1) is 24.5 Å². The highest BCUT2D eigenvalue weighted by Crippen LogP contribution is 2.47. The van der Waals surface area contributed by atoms with Gasteiger partial charge in [-0.15, -0.1) is 0 Å². The second-order valence-electron chi connectivity index (χ2n) is 16.8. The largest absolute Gasteiger partial charge is 0.462 e. The SMILES string of the molecule is CCC(CC)C(=O)OC1CC(O[Si](C)(C)C(C)(C)C)C=C2C=CC(C)C(CCC3CC(O[Si](C)(C)C(C)(C)C)CC(=O)O3)C21. The Morgan fingerprint density at radius 2 is 1.55 bits per heavy atom. The Bertz CT molecular complexity index is 1060. The number of ether oxygens (including phenoxy) is 2. The Kier molecular flexibility index (Phi) is 12.1. The number of carbonyl (C=O) groups excluding carboxylic acids is 2. The molecule has 1 aliphatic heterocycles. The fourth-order valence-electron chi connectivity index (χ4n) is 6.56. The summed E-state index contributed by atoms with van der Waals surface area (Å²) in [5, 5.41) is 0.178. The Balaban J connectivity index is 1.83. The van der Waals surface area contributed by atoms with Gasteiger partial charge in [-0.2, -0.15) is 0 Å². The Morgan fingerprint density at radius 1 is 0.955 bits per heavy atom. The van der Waals surface area contributed by atoms with Gasteiger partial charge in [-0.25, -0.2) is 0 Å². The van der Waals surface area contributed by atoms with Crippen LogP contribution in [0.5, 0.6) is 0 Å². The van der Waals surface area contributed by atoms with Gasteiger partial charge in [0.25, 0.3) is 0 Å². The highest BCUT2D eigenvalue weighted by Gasteiger charge is 2.47. The van der Waals surface area contributed by atoms with Gasteiger partial charge in [-0.05, 0) is 79.4 Å². The van der Waals surface area contributed by atoms with Crippen molar-refractivity contribution in [2.45, 2.75) is 168 Å². The standard InChI is InChI=1S/C36H64O6Si2/c1-14-25(15-2)34(38)40-31-22-28(41-43(10,11)35(4,5)6)20-26-17-16-24(3)30(33(26)31)19-18-27-21-29(23-32(37)39-27)42-44(12,13)36(7,8)9/h16-17,20,24-25,27-31,33H,14-15,18-19,21-23H2,1-13H3. The second-order valence-corrected chi connectivity index (χ2v) is 26.4. The third kappa shape index (κ3) is 8.98. The van der Waals surface area contributed by atoms with Crippen molar-refractivity contribution in [2.24, 2.45) is 23.7 Å². The minimum atomic E-state index is -2.03. The lowest BCUT2D eigenvalue weighted by Crippen LogP contribution is -2.48. The smallest absolute Gasteiger partial charge is 0.309 e. The lowest BCUT2D eigenvalue weighted by molar-refractivity contribution is -0.162. The van der Waals surface area contributed by atoms with Crippen LogP contribution in [-0.4, -0.2) is 53.0 Å². The predicted molar refractivity (Wildman–Crippen MR) is 184 cm³/mol. The summed E-state index contributed by atoms with van der Waals surface area (Å²) < 4.78 is 25.9. The van der Waals surface area contributed by atoms with E-state index < -0.39 is 16.6 Å². The van der Waals surface area contributed by atoms with Crippen molar-refractivity contribution in [1.29, 1.82) is 0 Å². The van der Waals surface area contributed by atoms with Gasteiger partial charge < -0.3 is 18.3 Å². The molecule has 0 aromatic heterocycles. The number of esters is 2. The monoisotopic (exact) mass is 648 g/mol. The van der Waals surface area contributed by atoms with E-state index in [9.17, 15) is 9.59 Å². The molecule has 0 bridgehead atoms. The van der Waals surface area contributed by atoms with Crippen LogP contribution in [0.2, 0.25) is 36.3 Å². The van der Waals surface area contributed by atoms with E-state index in [0.29, 0.717) is 18.8 Å². The fraction of sp³-hybridized carbons (Fsp3) is 0.833. The van der Waals surface area contributed by atoms with E-state index >= 15 is 0 Å². The van der Waals surface area contributed by atoms with Crippen LogP contribution in [-0.2, 0) is 27.9 Å². The summed E-state index contributed by atoms with van der Waals surface area (Å²) in [6.07, 6.45) is 11.3. The molecule has 8 heteroatoms. The van der Waals surface area contributed by atoms with E-state index in [2.05, 4.69) is 107 Å². The number of hydrogen-bond donors (Lipinski definition) is 0. The summed E-state index contributed by atoms with van der Waals surface area (Å²) in [7, 11) is -4.03. The molecule has 3 rings (SSSR count). The van der Waals surface area contributed by atoms with Gasteiger partial charge >= 0.3 is 11.9 Å². The zero-order chi connectivity index (χ0) is 33.3. The maximum absolute atomic E-state index is 13.4. The molecule has 6 nitrogen and oxygen atoms in total. The van der Waals surface area contributed by atoms with Gasteiger partial charge in [0.2, 0.25) is 0 Å². The molecule has 0 saturated carbocycles. The van der Waals surface area contributed by atoms with Crippen molar-refractivity contribution in [3.8, 4) is 0 Å². The van der Waals surface area contributed by atoms with Gasteiger partial charge in [-0.3, -0.25) is 9.59 Å². The average molecular weight is 649 g/mol. The highest BCUT2D eigenvalue weighted by atomic mass is 28.4. The van der Waals surface area contributed by atoms with E-state index in [1.165, 1.54) is 5.57 Å². The van der Waals surface area contributed by atoms with Crippen molar-refractivity contribution in [3.05, 3.63) is 23.8 Å². The molecule has 2 aliphatic carbocycles. The van der Waals surface area contributed by atoms with Crippen LogP contribution in [0.4, 0.5) is 0 Å². The molecule has 0 aromatic rings. The fourth-order valence-corrected chi connectivity index (χ4v) is 9.20. The van der Waals surface area contributed by atoms with Gasteiger partial charge in [0.15, 0.2) is 16.6 Å². The number of allylic oxidation sites excluding steroid dienone is 2. The van der Waals surface area contributed by atoms with Crippen LogP contribution in [0.15, 0.2) is 23.8 Å². The number of rotatable bonds is 11. The van der Waals surface area contributed by atoms with Crippen LogP contribution in [0.25, 0.3) is 0 Å². The molecule has 3 aliphatic rings. The molecule has 7 atom stereocenters. The van der Waals surface area contributed by atoms with Crippen LogP contribution >= 0.6 is 0 Å². The van der Waals surface area contributed by atoms with E-state index in [0.717, 1.165) is 32.1 Å². The maximum atomic E-state index is 13.4. The molecule has 252 valence electrons. The lowest BCUT2D eigenvalue weighted by atomic mass is 9.66. The quantitative estimate of drug-likeness (QED) is 0.164. The lowest BCUT2D eigenvalue weighted by Gasteiger charge is -2.46. The first-order valence-electron chi connectivity index (χ1n) is 17.3. The van der Waals surface area contributed by atoms with Crippen LogP contribution < -0.4 is 0 Å². The zero-order valence-corrected chi connectivity index (χ0v) is 32.3. The first-order chi connectivity index (χ1) is 20.2. The molecule has 7 unspecified atom stereocenters. The highest BCUT2D eigenvalue weighted by molar-refractivity contribution is 6.74. The van der Waals surface area contributed by atoms with Gasteiger partial charge in [-0.1, -0.05) is 80.5 Å². The number of cyclic esters (lactones) is 1. The van der Waals surface area contributed by atoms with Crippen molar-refractivity contribution in [1.82, 2.24) is 0 Å². The van der Waals surface area contributed by atoms with Crippen LogP contribution in [0.3, 0.4) is 0 Å². The Labute approximate surface area is 271 Å². The minimum absolute atomic E-state index is 0.0760. The number of carbonyl (C=O) groups is 2. The summed E-state index contributed by atoms with van der Waals surface area (Å²) in [6, 6.07) is 0. The minimum Gasteiger partial charge on any atom is -0.462 e. The number of fused-ring (bicyclic) bond motifs is 1. The van der Waals surface area contributed by atoms with E-state index in [4.69, 9.17) is 18.3 Å². The van der Waals surface area contributed by atoms with Gasteiger partial charge in [0, 0.05) is 18.8 Å². The zero-order valence-electron chi connectivity index (χ0n) is 30.3. The normalized spacial score (nSPS) is 30.1. The molecule has 0 spiro atoms. The maximum Gasteiger partial charge on any atom is 0.309 e. The number of hydrogen-bond acceptors (Lipinski definition) is 6. The Morgan fingerprint density at radius 3 is 2.11 bits per heavy atom. The first-order valence-corrected chi connectivity index (χ1v) is 23.2. The van der Waals surface area contributed by atoms with E-state index in [1.54, 1.807) is 0 Å². The summed E-state index contributed by atoms with van der Waals surface area (Å²) in [5.74, 6) is 0.384. The van der Waals surface area contributed by atoms with Crippen LogP contribution in [0.1, 0.15) is 107 Å². The third-order valence-electron chi connectivity index (χ3n) is 11.5. The van der Waals surface area contributed by atoms with Crippen molar-refractivity contribution >= 4 is 28.6 Å². The van der Waals surface area contributed by atoms with E-state index in [1.807, 2.05) is 0 Å². The summed E-state index contributed by atoms with van der Waals surface area (Å²) in [4.78, 5) is 26.1. The molecule has 1 fully saturated rings. The van der Waals surface area contributed by atoms with Crippen molar-refractivity contribution in [3.63, 3.8) is 0 Å². The van der Waals surface area contributed by atoms with Crippen molar-refractivity contribution < 1.29 is 27.9 Å². The molecule has 1 heterocycles. The topological polar surface area (TPSA) is 71.1 Å². The van der Waals surface area contributed by atoms with Crippen LogP contribution in [0, 0.1) is 23.7 Å². The molecular weight excluding hydrogens is 585 g/mol. The molecule has 0 amide bonds. The molecule has 1 saturated heterocycles. The predicted octanol–water partition coefficient (Wildman–Crippen LogP) is 9.37. The second kappa shape index (κ2) is 14.3. The van der Waals surface area contributed by atoms with E-state index in [-0.39, 0.29) is 64.2 Å². The molecular formula is C36H64O6Si2. The Hall–Kier alpha value is -1.23.